The Morgan fingerprint density at radius 2 is 1.88 bits per heavy atom. The Kier molecular flexibility index (Phi) is 7.77. The molecule has 2 rings (SSSR count). The molecule has 0 saturated carbocycles. The zero-order chi connectivity index (χ0) is 17.9. The minimum absolute atomic E-state index is 0. The van der Waals surface area contributed by atoms with Gasteiger partial charge in [-0.3, -0.25) is 4.79 Å². The Labute approximate surface area is 152 Å². The molecule has 2 atom stereocenters. The summed E-state index contributed by atoms with van der Waals surface area (Å²) in [6, 6.07) is 4.92. The van der Waals surface area contributed by atoms with Crippen molar-refractivity contribution in [3.63, 3.8) is 0 Å². The molecule has 2 unspecified atom stereocenters. The minimum Gasteiger partial charge on any atom is -0.338 e. The Balaban J connectivity index is 0.00000312. The van der Waals surface area contributed by atoms with Gasteiger partial charge in [0.2, 0.25) is 15.7 Å². The molecule has 1 aromatic rings. The van der Waals surface area contributed by atoms with Gasteiger partial charge in [-0.15, -0.1) is 12.4 Å². The summed E-state index contributed by atoms with van der Waals surface area (Å²) in [7, 11) is -4.61. The molecular formula is C16H23ClF2N2O3S. The summed E-state index contributed by atoms with van der Waals surface area (Å²) in [6.45, 7) is 2.53. The maximum Gasteiger partial charge on any atom is 0.341 e. The number of benzene rings is 1. The van der Waals surface area contributed by atoms with Crippen LogP contribution in [0.1, 0.15) is 31.7 Å². The molecule has 1 saturated heterocycles. The lowest BCUT2D eigenvalue weighted by Gasteiger charge is -2.38. The van der Waals surface area contributed by atoms with Gasteiger partial charge >= 0.3 is 5.76 Å². The number of alkyl halides is 2. The van der Waals surface area contributed by atoms with E-state index in [1.807, 2.05) is 6.92 Å². The number of carbonyl (C=O) groups is 1. The van der Waals surface area contributed by atoms with E-state index in [0.717, 1.165) is 31.4 Å². The second-order valence-electron chi connectivity index (χ2n) is 6.14. The number of nitrogens with two attached hydrogens (primary N) is 1. The number of amides is 1. The zero-order valence-corrected chi connectivity index (χ0v) is 15.5. The molecule has 1 amide bonds. The van der Waals surface area contributed by atoms with Gasteiger partial charge < -0.3 is 10.6 Å². The lowest BCUT2D eigenvalue weighted by Crippen LogP contribution is -2.52. The average molecular weight is 397 g/mol. The Hall–Kier alpha value is -1.25. The van der Waals surface area contributed by atoms with Gasteiger partial charge in [0.1, 0.15) is 0 Å². The van der Waals surface area contributed by atoms with Gasteiger partial charge in [0.25, 0.3) is 0 Å². The highest BCUT2D eigenvalue weighted by molar-refractivity contribution is 7.91. The smallest absolute Gasteiger partial charge is 0.338 e. The fourth-order valence-corrected chi connectivity index (χ4v) is 3.71. The normalized spacial score (nSPS) is 19.4. The minimum atomic E-state index is -4.61. The van der Waals surface area contributed by atoms with Crippen LogP contribution in [0.25, 0.3) is 0 Å². The summed E-state index contributed by atoms with van der Waals surface area (Å²) < 4.78 is 47.8. The van der Waals surface area contributed by atoms with E-state index in [-0.39, 0.29) is 36.8 Å². The molecule has 0 aromatic heterocycles. The van der Waals surface area contributed by atoms with Crippen LogP contribution in [0, 0.1) is 0 Å². The first-order valence-electron chi connectivity index (χ1n) is 7.89. The van der Waals surface area contributed by atoms with Crippen molar-refractivity contribution >= 4 is 28.2 Å². The summed E-state index contributed by atoms with van der Waals surface area (Å²) in [4.78, 5) is 13.8. The molecule has 1 aliphatic rings. The van der Waals surface area contributed by atoms with E-state index in [0.29, 0.717) is 12.1 Å². The first kappa shape index (κ1) is 21.8. The third-order valence-corrected chi connectivity index (χ3v) is 5.72. The van der Waals surface area contributed by atoms with Crippen LogP contribution in [-0.2, 0) is 21.1 Å². The fourth-order valence-electron chi connectivity index (χ4n) is 2.99. The molecule has 5 nitrogen and oxygen atoms in total. The summed E-state index contributed by atoms with van der Waals surface area (Å²) in [5, 5.41) is 0. The van der Waals surface area contributed by atoms with E-state index in [2.05, 4.69) is 0 Å². The zero-order valence-electron chi connectivity index (χ0n) is 13.9. The standard InChI is InChI=1S/C16H22F2N2O3S.ClH/c1-11(19)14-4-2-3-9-20(14)15(21)10-12-5-7-13(8-6-12)24(22,23)16(17)18;/h5-8,11,14,16H,2-4,9-10,19H2,1H3;1H. The van der Waals surface area contributed by atoms with Crippen LogP contribution < -0.4 is 5.73 Å². The van der Waals surface area contributed by atoms with Crippen LogP contribution in [0.15, 0.2) is 29.2 Å². The van der Waals surface area contributed by atoms with Crippen molar-refractivity contribution in [3.8, 4) is 0 Å². The van der Waals surface area contributed by atoms with Gasteiger partial charge in [-0.1, -0.05) is 12.1 Å². The number of hydrogen-bond donors (Lipinski definition) is 1. The Morgan fingerprint density at radius 3 is 2.40 bits per heavy atom. The average Bonchev–Trinajstić information content (AvgIpc) is 2.55. The summed E-state index contributed by atoms with van der Waals surface area (Å²) >= 11 is 0. The maximum absolute atomic E-state index is 12.5. The van der Waals surface area contributed by atoms with Gasteiger partial charge in [0.15, 0.2) is 0 Å². The predicted molar refractivity (Wildman–Crippen MR) is 93.6 cm³/mol. The molecule has 1 aliphatic heterocycles. The number of piperidine rings is 1. The van der Waals surface area contributed by atoms with Crippen LogP contribution in [-0.4, -0.2) is 43.6 Å². The maximum atomic E-state index is 12.5. The van der Waals surface area contributed by atoms with Crippen molar-refractivity contribution in [2.24, 2.45) is 5.73 Å². The number of rotatable bonds is 5. The summed E-state index contributed by atoms with van der Waals surface area (Å²) in [5.74, 6) is -3.54. The van der Waals surface area contributed by atoms with Crippen LogP contribution in [0.4, 0.5) is 8.78 Å². The van der Waals surface area contributed by atoms with Crippen LogP contribution in [0.2, 0.25) is 0 Å². The molecule has 25 heavy (non-hydrogen) atoms. The van der Waals surface area contributed by atoms with Crippen LogP contribution in [0.3, 0.4) is 0 Å². The lowest BCUT2D eigenvalue weighted by atomic mass is 9.96. The molecule has 1 fully saturated rings. The first-order valence-corrected chi connectivity index (χ1v) is 9.44. The number of hydrogen-bond acceptors (Lipinski definition) is 4. The van der Waals surface area contributed by atoms with E-state index in [4.69, 9.17) is 5.73 Å². The van der Waals surface area contributed by atoms with Crippen molar-refractivity contribution in [2.45, 2.75) is 55.3 Å². The second-order valence-corrected chi connectivity index (χ2v) is 8.05. The van der Waals surface area contributed by atoms with Gasteiger partial charge in [-0.2, -0.15) is 8.78 Å². The van der Waals surface area contributed by atoms with Crippen molar-refractivity contribution in [1.82, 2.24) is 4.90 Å². The van der Waals surface area contributed by atoms with Gasteiger partial charge in [0.05, 0.1) is 11.3 Å². The molecule has 0 radical (unpaired) electrons. The monoisotopic (exact) mass is 396 g/mol. The van der Waals surface area contributed by atoms with Crippen LogP contribution in [0.5, 0.6) is 0 Å². The third-order valence-electron chi connectivity index (χ3n) is 4.32. The van der Waals surface area contributed by atoms with Crippen molar-refractivity contribution < 1.29 is 22.0 Å². The summed E-state index contributed by atoms with van der Waals surface area (Å²) in [5.41, 5.74) is 6.54. The van der Waals surface area contributed by atoms with E-state index in [1.54, 1.807) is 4.90 Å². The number of nitrogens with zero attached hydrogens (tertiary/aromatic N) is 1. The van der Waals surface area contributed by atoms with E-state index < -0.39 is 20.5 Å². The van der Waals surface area contributed by atoms with Crippen molar-refractivity contribution in [1.29, 1.82) is 0 Å². The van der Waals surface area contributed by atoms with Crippen molar-refractivity contribution in [3.05, 3.63) is 29.8 Å². The Morgan fingerprint density at radius 1 is 1.28 bits per heavy atom. The molecule has 9 heteroatoms. The molecular weight excluding hydrogens is 374 g/mol. The molecule has 0 bridgehead atoms. The molecule has 0 spiro atoms. The number of carbonyl (C=O) groups excluding carboxylic acids is 1. The predicted octanol–water partition coefficient (Wildman–Crippen LogP) is 2.38. The fraction of sp³-hybridized carbons (Fsp3) is 0.562. The second kappa shape index (κ2) is 8.91. The first-order chi connectivity index (χ1) is 11.2. The lowest BCUT2D eigenvalue weighted by molar-refractivity contribution is -0.134. The molecule has 2 N–H and O–H groups in total. The molecule has 1 aromatic carbocycles. The van der Waals surface area contributed by atoms with Crippen molar-refractivity contribution in [2.75, 3.05) is 6.54 Å². The quantitative estimate of drug-likeness (QED) is 0.828. The highest BCUT2D eigenvalue weighted by atomic mass is 35.5. The van der Waals surface area contributed by atoms with Gasteiger partial charge in [-0.25, -0.2) is 8.42 Å². The Bertz CT molecular complexity index is 681. The molecule has 142 valence electrons. The molecule has 0 aliphatic carbocycles. The van der Waals surface area contributed by atoms with Gasteiger partial charge in [0, 0.05) is 18.6 Å². The number of sulfone groups is 1. The largest absolute Gasteiger partial charge is 0.341 e. The van der Waals surface area contributed by atoms with Crippen LogP contribution >= 0.6 is 12.4 Å². The van der Waals surface area contributed by atoms with E-state index >= 15 is 0 Å². The highest BCUT2D eigenvalue weighted by Crippen LogP contribution is 2.22. The van der Waals surface area contributed by atoms with Gasteiger partial charge in [-0.05, 0) is 43.9 Å². The number of halogens is 3. The number of likely N-dealkylation sites (tertiary alicyclic amines) is 1. The third kappa shape index (κ3) is 5.12. The summed E-state index contributed by atoms with van der Waals surface area (Å²) in [6.07, 6.45) is 2.93. The molecule has 1 heterocycles. The van der Waals surface area contributed by atoms with E-state index in [9.17, 15) is 22.0 Å². The highest BCUT2D eigenvalue weighted by Gasteiger charge is 2.29. The van der Waals surface area contributed by atoms with E-state index in [1.165, 1.54) is 12.1 Å². The topological polar surface area (TPSA) is 80.5 Å². The SMILES string of the molecule is CC(N)C1CCCCN1C(=O)Cc1ccc(S(=O)(=O)C(F)F)cc1.Cl.